The van der Waals surface area contributed by atoms with E-state index in [0.29, 0.717) is 39.0 Å². The zero-order valence-electron chi connectivity index (χ0n) is 20.0. The van der Waals surface area contributed by atoms with Crippen LogP contribution in [0.3, 0.4) is 0 Å². The van der Waals surface area contributed by atoms with Gasteiger partial charge in [0.1, 0.15) is 11.6 Å². The van der Waals surface area contributed by atoms with E-state index in [2.05, 4.69) is 4.90 Å². The van der Waals surface area contributed by atoms with Crippen molar-refractivity contribution in [2.45, 2.75) is 25.3 Å². The minimum Gasteiger partial charge on any atom is -0.340 e. The Labute approximate surface area is 209 Å². The van der Waals surface area contributed by atoms with Gasteiger partial charge in [-0.1, -0.05) is 36.4 Å². The summed E-state index contributed by atoms with van der Waals surface area (Å²) in [5.41, 5.74) is 1.79. The number of piperazine rings is 1. The lowest BCUT2D eigenvalue weighted by atomic mass is 9.85. The molecule has 188 valence electrons. The molecular formula is C28H29F2N3O3. The van der Waals surface area contributed by atoms with Crippen LogP contribution in [0.4, 0.5) is 8.78 Å². The summed E-state index contributed by atoms with van der Waals surface area (Å²) in [5, 5.41) is 0. The maximum atomic E-state index is 13.6. The SMILES string of the molecule is O=C(CCN1C(=O)[C@H]2CC=CC[C@H]2C1=O)N1CCN(C(c2ccc(F)cc2)c2ccc(F)cc2)CC1. The van der Waals surface area contributed by atoms with Gasteiger partial charge in [-0.15, -0.1) is 0 Å². The molecule has 6 nitrogen and oxygen atoms in total. The van der Waals surface area contributed by atoms with Crippen molar-refractivity contribution in [3.63, 3.8) is 0 Å². The number of benzene rings is 2. The predicted octanol–water partition coefficient (Wildman–Crippen LogP) is 3.54. The number of rotatable bonds is 6. The molecule has 0 spiro atoms. The molecule has 36 heavy (non-hydrogen) atoms. The number of fused-ring (bicyclic) bond motifs is 1. The minimum atomic E-state index is -0.322. The molecule has 0 N–H and O–H groups in total. The molecular weight excluding hydrogens is 464 g/mol. The summed E-state index contributed by atoms with van der Waals surface area (Å²) >= 11 is 0. The van der Waals surface area contributed by atoms with E-state index in [1.807, 2.05) is 12.2 Å². The topological polar surface area (TPSA) is 60.9 Å². The average Bonchev–Trinajstić information content (AvgIpc) is 3.15. The summed E-state index contributed by atoms with van der Waals surface area (Å²) in [6, 6.07) is 12.4. The first-order chi connectivity index (χ1) is 17.4. The summed E-state index contributed by atoms with van der Waals surface area (Å²) in [6.07, 6.45) is 5.19. The van der Waals surface area contributed by atoms with Crippen LogP contribution in [-0.2, 0) is 14.4 Å². The molecule has 2 aromatic carbocycles. The van der Waals surface area contributed by atoms with Gasteiger partial charge in [-0.3, -0.25) is 24.2 Å². The van der Waals surface area contributed by atoms with Crippen LogP contribution in [0.25, 0.3) is 0 Å². The first-order valence-electron chi connectivity index (χ1n) is 12.5. The van der Waals surface area contributed by atoms with Crippen molar-refractivity contribution in [3.05, 3.63) is 83.4 Å². The first kappa shape index (κ1) is 24.3. The Morgan fingerprint density at radius 3 is 1.72 bits per heavy atom. The molecule has 0 unspecified atom stereocenters. The molecule has 2 saturated heterocycles. The summed E-state index contributed by atoms with van der Waals surface area (Å²) in [5.74, 6) is -1.60. The molecule has 3 amide bonds. The third kappa shape index (κ3) is 4.82. The van der Waals surface area contributed by atoms with Crippen molar-refractivity contribution >= 4 is 17.7 Å². The van der Waals surface area contributed by atoms with E-state index in [9.17, 15) is 23.2 Å². The van der Waals surface area contributed by atoms with E-state index < -0.39 is 0 Å². The summed E-state index contributed by atoms with van der Waals surface area (Å²) in [7, 11) is 0. The molecule has 2 aliphatic heterocycles. The maximum Gasteiger partial charge on any atom is 0.233 e. The monoisotopic (exact) mass is 493 g/mol. The van der Waals surface area contributed by atoms with Crippen molar-refractivity contribution in [1.29, 1.82) is 0 Å². The van der Waals surface area contributed by atoms with E-state index in [0.717, 1.165) is 11.1 Å². The number of imide groups is 1. The summed E-state index contributed by atoms with van der Waals surface area (Å²) in [4.78, 5) is 43.5. The van der Waals surface area contributed by atoms with Gasteiger partial charge in [0.25, 0.3) is 0 Å². The number of carbonyl (C=O) groups excluding carboxylic acids is 3. The van der Waals surface area contributed by atoms with Crippen LogP contribution in [0.15, 0.2) is 60.7 Å². The van der Waals surface area contributed by atoms with Gasteiger partial charge in [0.05, 0.1) is 17.9 Å². The standard InChI is InChI=1S/C28H29F2N3O3/c29-21-9-5-19(6-10-21)26(20-7-11-22(30)12-8-20)32-17-15-31(16-18-32)25(34)13-14-33-27(35)23-3-1-2-4-24(23)28(33)36/h1-2,5-12,23-24,26H,3-4,13-18H2/t23-,24+. The number of hydrogen-bond acceptors (Lipinski definition) is 4. The van der Waals surface area contributed by atoms with Gasteiger partial charge in [-0.25, -0.2) is 8.78 Å². The zero-order chi connectivity index (χ0) is 25.2. The quantitative estimate of drug-likeness (QED) is 0.456. The molecule has 2 fully saturated rings. The molecule has 2 atom stereocenters. The van der Waals surface area contributed by atoms with Gasteiger partial charge in [-0.05, 0) is 48.2 Å². The molecule has 0 saturated carbocycles. The highest BCUT2D eigenvalue weighted by atomic mass is 19.1. The fourth-order valence-corrected chi connectivity index (χ4v) is 5.59. The van der Waals surface area contributed by atoms with Crippen molar-refractivity contribution in [1.82, 2.24) is 14.7 Å². The summed E-state index contributed by atoms with van der Waals surface area (Å²) in [6.45, 7) is 2.28. The fourth-order valence-electron chi connectivity index (χ4n) is 5.59. The Bertz CT molecular complexity index is 1090. The molecule has 5 rings (SSSR count). The largest absolute Gasteiger partial charge is 0.340 e. The second-order valence-electron chi connectivity index (χ2n) is 9.66. The maximum absolute atomic E-state index is 13.6. The highest BCUT2D eigenvalue weighted by Crippen LogP contribution is 2.35. The van der Waals surface area contributed by atoms with E-state index >= 15 is 0 Å². The van der Waals surface area contributed by atoms with Gasteiger partial charge in [-0.2, -0.15) is 0 Å². The Kier molecular flexibility index (Phi) is 6.96. The van der Waals surface area contributed by atoms with Crippen LogP contribution in [0.1, 0.15) is 36.4 Å². The minimum absolute atomic E-state index is 0.0802. The first-order valence-corrected chi connectivity index (χ1v) is 12.5. The molecule has 0 aromatic heterocycles. The van der Waals surface area contributed by atoms with Crippen molar-refractivity contribution in [2.75, 3.05) is 32.7 Å². The predicted molar refractivity (Wildman–Crippen MR) is 129 cm³/mol. The Morgan fingerprint density at radius 2 is 1.25 bits per heavy atom. The third-order valence-corrected chi connectivity index (χ3v) is 7.55. The van der Waals surface area contributed by atoms with Crippen molar-refractivity contribution in [2.24, 2.45) is 11.8 Å². The fraction of sp³-hybridized carbons (Fsp3) is 0.393. The number of amides is 3. The van der Waals surface area contributed by atoms with Gasteiger partial charge >= 0.3 is 0 Å². The smallest absolute Gasteiger partial charge is 0.233 e. The van der Waals surface area contributed by atoms with Crippen LogP contribution >= 0.6 is 0 Å². The van der Waals surface area contributed by atoms with Gasteiger partial charge in [0.2, 0.25) is 17.7 Å². The highest BCUT2D eigenvalue weighted by molar-refractivity contribution is 6.05. The number of nitrogens with zero attached hydrogens (tertiary/aromatic N) is 3. The Balaban J connectivity index is 1.21. The van der Waals surface area contributed by atoms with Gasteiger partial charge < -0.3 is 4.90 Å². The molecule has 0 bridgehead atoms. The zero-order valence-corrected chi connectivity index (χ0v) is 20.0. The lowest BCUT2D eigenvalue weighted by Crippen LogP contribution is -2.50. The molecule has 0 radical (unpaired) electrons. The average molecular weight is 494 g/mol. The lowest BCUT2D eigenvalue weighted by Gasteiger charge is -2.40. The lowest BCUT2D eigenvalue weighted by molar-refractivity contribution is -0.141. The van der Waals surface area contributed by atoms with Crippen molar-refractivity contribution in [3.8, 4) is 0 Å². The van der Waals surface area contributed by atoms with Crippen LogP contribution in [0.5, 0.6) is 0 Å². The van der Waals surface area contributed by atoms with Crippen LogP contribution in [0.2, 0.25) is 0 Å². The van der Waals surface area contributed by atoms with E-state index in [1.165, 1.54) is 29.2 Å². The van der Waals surface area contributed by atoms with E-state index in [4.69, 9.17) is 0 Å². The van der Waals surface area contributed by atoms with E-state index in [1.54, 1.807) is 29.2 Å². The van der Waals surface area contributed by atoms with E-state index in [-0.39, 0.29) is 60.2 Å². The number of hydrogen-bond donors (Lipinski definition) is 0. The second kappa shape index (κ2) is 10.3. The molecule has 2 aromatic rings. The normalized spacial score (nSPS) is 22.4. The summed E-state index contributed by atoms with van der Waals surface area (Å²) < 4.78 is 27.1. The van der Waals surface area contributed by atoms with Crippen LogP contribution < -0.4 is 0 Å². The second-order valence-corrected chi connectivity index (χ2v) is 9.66. The number of allylic oxidation sites excluding steroid dienone is 2. The van der Waals surface area contributed by atoms with Gasteiger partial charge in [0.15, 0.2) is 0 Å². The number of carbonyl (C=O) groups is 3. The molecule has 1 aliphatic carbocycles. The van der Waals surface area contributed by atoms with Crippen molar-refractivity contribution < 1.29 is 23.2 Å². The third-order valence-electron chi connectivity index (χ3n) is 7.55. The number of halogens is 2. The highest BCUT2D eigenvalue weighted by Gasteiger charge is 2.47. The molecule has 3 aliphatic rings. The molecule has 8 heteroatoms. The number of likely N-dealkylation sites (tertiary alicyclic amines) is 1. The molecule has 2 heterocycles. The Morgan fingerprint density at radius 1 is 0.778 bits per heavy atom. The van der Waals surface area contributed by atoms with Gasteiger partial charge in [0, 0.05) is 39.1 Å². The van der Waals surface area contributed by atoms with Crippen LogP contribution in [-0.4, -0.2) is 65.1 Å². The Hall–Kier alpha value is -3.39. The van der Waals surface area contributed by atoms with Crippen LogP contribution in [0, 0.1) is 23.5 Å².